The summed E-state index contributed by atoms with van der Waals surface area (Å²) in [5.74, 6) is 0.369. The molecule has 1 atom stereocenters. The summed E-state index contributed by atoms with van der Waals surface area (Å²) in [6.45, 7) is 2.87. The van der Waals surface area contributed by atoms with Crippen LogP contribution in [0.1, 0.15) is 40.5 Å². The summed E-state index contributed by atoms with van der Waals surface area (Å²) < 4.78 is 21.9. The summed E-state index contributed by atoms with van der Waals surface area (Å²) in [7, 11) is 1.29. The molecule has 0 fully saturated rings. The summed E-state index contributed by atoms with van der Waals surface area (Å²) in [6.07, 6.45) is 1.62. The van der Waals surface area contributed by atoms with Gasteiger partial charge in [0.05, 0.1) is 32.7 Å². The number of aryl methyl sites for hydroxylation is 1. The second kappa shape index (κ2) is 9.81. The van der Waals surface area contributed by atoms with Crippen LogP contribution in [0.15, 0.2) is 57.7 Å². The number of benzene rings is 2. The van der Waals surface area contributed by atoms with E-state index in [2.05, 4.69) is 12.1 Å². The lowest BCUT2D eigenvalue weighted by molar-refractivity contribution is -0.140. The Bertz CT molecular complexity index is 1190. The monoisotopic (exact) mass is 450 g/mol. The van der Waals surface area contributed by atoms with Gasteiger partial charge in [-0.3, -0.25) is 9.59 Å². The molecule has 0 radical (unpaired) electrons. The minimum absolute atomic E-state index is 0.0413. The summed E-state index contributed by atoms with van der Waals surface area (Å²) in [6, 6.07) is 14.6. The van der Waals surface area contributed by atoms with Crippen LogP contribution in [0.25, 0.3) is 0 Å². The van der Waals surface area contributed by atoms with Crippen LogP contribution in [0.3, 0.4) is 0 Å². The Morgan fingerprint density at radius 2 is 1.94 bits per heavy atom. The van der Waals surface area contributed by atoms with Crippen molar-refractivity contribution in [2.24, 2.45) is 0 Å². The van der Waals surface area contributed by atoms with E-state index in [1.54, 1.807) is 31.2 Å². The van der Waals surface area contributed by atoms with Crippen molar-refractivity contribution in [3.05, 3.63) is 87.0 Å². The number of aromatic hydroxyl groups is 1. The van der Waals surface area contributed by atoms with Gasteiger partial charge in [0.25, 0.3) is 0 Å². The maximum atomic E-state index is 12.1. The van der Waals surface area contributed by atoms with E-state index >= 15 is 0 Å². The fraction of sp³-hybridized carbons (Fsp3) is 0.308. The third kappa shape index (κ3) is 5.19. The lowest BCUT2D eigenvalue weighted by Crippen LogP contribution is -2.13. The van der Waals surface area contributed by atoms with Gasteiger partial charge >= 0.3 is 5.97 Å². The maximum absolute atomic E-state index is 12.1. The molecule has 1 N–H and O–H groups in total. The Hall–Kier alpha value is -3.74. The van der Waals surface area contributed by atoms with Gasteiger partial charge in [-0.15, -0.1) is 0 Å². The molecule has 1 unspecified atom stereocenters. The van der Waals surface area contributed by atoms with Gasteiger partial charge in [0.1, 0.15) is 17.3 Å². The molecule has 0 saturated heterocycles. The predicted octanol–water partition coefficient (Wildman–Crippen LogP) is 3.91. The maximum Gasteiger partial charge on any atom is 0.306 e. The van der Waals surface area contributed by atoms with Crippen LogP contribution in [0.4, 0.5) is 0 Å². The first-order valence-corrected chi connectivity index (χ1v) is 10.8. The molecule has 2 aromatic carbocycles. The minimum atomic E-state index is -0.673. The highest BCUT2D eigenvalue weighted by Gasteiger charge is 2.26. The molecule has 0 amide bonds. The van der Waals surface area contributed by atoms with Crippen molar-refractivity contribution in [1.29, 1.82) is 0 Å². The topological polar surface area (TPSA) is 95.2 Å². The van der Waals surface area contributed by atoms with E-state index in [1.165, 1.54) is 24.3 Å². The summed E-state index contributed by atoms with van der Waals surface area (Å²) in [5.41, 5.74) is 2.57. The highest BCUT2D eigenvalue weighted by Crippen LogP contribution is 2.34. The number of ether oxygens (including phenoxy) is 3. The summed E-state index contributed by atoms with van der Waals surface area (Å²) >= 11 is 0. The van der Waals surface area contributed by atoms with Gasteiger partial charge in [0, 0.05) is 18.9 Å². The van der Waals surface area contributed by atoms with E-state index in [1.807, 2.05) is 6.07 Å². The van der Waals surface area contributed by atoms with Crippen molar-refractivity contribution < 1.29 is 28.5 Å². The van der Waals surface area contributed by atoms with Gasteiger partial charge in [-0.25, -0.2) is 0 Å². The van der Waals surface area contributed by atoms with Gasteiger partial charge in [-0.1, -0.05) is 24.3 Å². The molecule has 7 heteroatoms. The Morgan fingerprint density at radius 1 is 1.15 bits per heavy atom. The van der Waals surface area contributed by atoms with Crippen molar-refractivity contribution >= 4 is 5.97 Å². The molecule has 0 saturated carbocycles. The third-order valence-electron chi connectivity index (χ3n) is 5.68. The van der Waals surface area contributed by atoms with Crippen LogP contribution >= 0.6 is 0 Å². The average molecular weight is 450 g/mol. The quantitative estimate of drug-likeness (QED) is 0.520. The molecule has 172 valence electrons. The fourth-order valence-corrected chi connectivity index (χ4v) is 3.95. The number of carbonyl (C=O) groups is 1. The van der Waals surface area contributed by atoms with Gasteiger partial charge in [0.15, 0.2) is 5.76 Å². The highest BCUT2D eigenvalue weighted by atomic mass is 16.5. The minimum Gasteiger partial charge on any atom is -0.502 e. The molecule has 0 bridgehead atoms. The van der Waals surface area contributed by atoms with E-state index in [9.17, 15) is 14.7 Å². The molecule has 1 aromatic heterocycles. The van der Waals surface area contributed by atoms with Crippen molar-refractivity contribution in [3.8, 4) is 17.2 Å². The van der Waals surface area contributed by atoms with Crippen molar-refractivity contribution in [2.75, 3.05) is 20.3 Å². The zero-order valence-electron chi connectivity index (χ0n) is 18.6. The number of fused-ring (bicyclic) bond motifs is 1. The second-order valence-electron chi connectivity index (χ2n) is 7.98. The van der Waals surface area contributed by atoms with Gasteiger partial charge in [-0.2, -0.15) is 0 Å². The Morgan fingerprint density at radius 3 is 2.70 bits per heavy atom. The summed E-state index contributed by atoms with van der Waals surface area (Å²) in [4.78, 5) is 24.1. The number of methoxy groups -OCH3 is 1. The van der Waals surface area contributed by atoms with Crippen molar-refractivity contribution in [1.82, 2.24) is 0 Å². The first-order chi connectivity index (χ1) is 15.9. The van der Waals surface area contributed by atoms with Gasteiger partial charge in [-0.05, 0) is 41.8 Å². The number of hydrogen-bond donors (Lipinski definition) is 1. The molecule has 3 aromatic rings. The zero-order valence-corrected chi connectivity index (χ0v) is 18.6. The first kappa shape index (κ1) is 22.5. The average Bonchev–Trinajstić information content (AvgIpc) is 3.28. The number of carbonyl (C=O) groups excluding carboxylic acids is 1. The Balaban J connectivity index is 1.47. The molecule has 2 heterocycles. The third-order valence-corrected chi connectivity index (χ3v) is 5.68. The van der Waals surface area contributed by atoms with E-state index < -0.39 is 23.1 Å². The van der Waals surface area contributed by atoms with Crippen LogP contribution < -0.4 is 14.9 Å². The molecule has 0 aliphatic carbocycles. The van der Waals surface area contributed by atoms with E-state index in [0.29, 0.717) is 23.7 Å². The van der Waals surface area contributed by atoms with E-state index in [0.717, 1.165) is 25.2 Å². The molecule has 1 aliphatic heterocycles. The number of esters is 1. The van der Waals surface area contributed by atoms with Crippen LogP contribution in [0.2, 0.25) is 0 Å². The first-order valence-electron chi connectivity index (χ1n) is 10.8. The molecule has 0 spiro atoms. The SMILES string of the molecule is COC(=O)CC(c1ccc(OCCc2ccc3c(c2)CCO3)cc1)c1oc(C)cc(=O)c1O. The predicted molar refractivity (Wildman–Crippen MR) is 121 cm³/mol. The van der Waals surface area contributed by atoms with Crippen LogP contribution in [0.5, 0.6) is 17.2 Å². The standard InChI is InChI=1S/C26H26O7/c1-16-13-22(27)25(29)26(33-16)21(15-24(28)30-2)18-4-6-20(7-5-18)31-11-9-17-3-8-23-19(14-17)10-12-32-23/h3-8,13-14,21,29H,9-12,15H2,1-2H3. The van der Waals surface area contributed by atoms with E-state index in [4.69, 9.17) is 18.6 Å². The lowest BCUT2D eigenvalue weighted by atomic mass is 9.92. The van der Waals surface area contributed by atoms with E-state index in [-0.39, 0.29) is 12.2 Å². The highest BCUT2D eigenvalue weighted by molar-refractivity contribution is 5.71. The zero-order chi connectivity index (χ0) is 23.4. The van der Waals surface area contributed by atoms with Crippen LogP contribution in [-0.4, -0.2) is 31.4 Å². The molecule has 1 aliphatic rings. The number of hydrogen-bond acceptors (Lipinski definition) is 7. The van der Waals surface area contributed by atoms with Crippen molar-refractivity contribution in [3.63, 3.8) is 0 Å². The molecule has 4 rings (SSSR count). The van der Waals surface area contributed by atoms with Crippen LogP contribution in [0, 0.1) is 6.92 Å². The molecular weight excluding hydrogens is 424 g/mol. The van der Waals surface area contributed by atoms with Crippen molar-refractivity contribution in [2.45, 2.75) is 32.1 Å². The van der Waals surface area contributed by atoms with Crippen LogP contribution in [-0.2, 0) is 22.4 Å². The lowest BCUT2D eigenvalue weighted by Gasteiger charge is -2.17. The molecule has 33 heavy (non-hydrogen) atoms. The largest absolute Gasteiger partial charge is 0.502 e. The fourth-order valence-electron chi connectivity index (χ4n) is 3.95. The Kier molecular flexibility index (Phi) is 6.68. The van der Waals surface area contributed by atoms with Gasteiger partial charge < -0.3 is 23.7 Å². The Labute approximate surface area is 191 Å². The summed E-state index contributed by atoms with van der Waals surface area (Å²) in [5, 5.41) is 10.3. The molecule has 7 nitrogen and oxygen atoms in total. The van der Waals surface area contributed by atoms with Gasteiger partial charge in [0.2, 0.25) is 11.2 Å². The smallest absolute Gasteiger partial charge is 0.306 e. The second-order valence-corrected chi connectivity index (χ2v) is 7.98. The number of rotatable bonds is 8. The normalized spacial score (nSPS) is 13.2. The molecular formula is C26H26O7.